The van der Waals surface area contributed by atoms with Crippen LogP contribution in [0.4, 0.5) is 0 Å². The zero-order valence-electron chi connectivity index (χ0n) is 10.4. The highest BCUT2D eigenvalue weighted by Crippen LogP contribution is 2.22. The van der Waals surface area contributed by atoms with Gasteiger partial charge in [0.05, 0.1) is 12.1 Å². The van der Waals surface area contributed by atoms with Gasteiger partial charge in [-0.15, -0.1) is 0 Å². The molecule has 17 heavy (non-hydrogen) atoms. The molecule has 0 fully saturated rings. The van der Waals surface area contributed by atoms with Crippen LogP contribution in [0.2, 0.25) is 0 Å². The number of rotatable bonds is 5. The maximum absolute atomic E-state index is 11.6. The molecule has 0 saturated heterocycles. The summed E-state index contributed by atoms with van der Waals surface area (Å²) in [4.78, 5) is 11.6. The minimum atomic E-state index is -0.0954. The molecule has 4 heteroatoms. The van der Waals surface area contributed by atoms with Crippen LogP contribution in [0.25, 0.3) is 0 Å². The van der Waals surface area contributed by atoms with Crippen LogP contribution >= 0.6 is 15.9 Å². The van der Waals surface area contributed by atoms with E-state index < -0.39 is 0 Å². The first-order valence-corrected chi connectivity index (χ1v) is 6.45. The number of amides is 1. The zero-order chi connectivity index (χ0) is 12.8. The minimum absolute atomic E-state index is 0.0335. The van der Waals surface area contributed by atoms with Gasteiger partial charge in [-0.3, -0.25) is 4.79 Å². The van der Waals surface area contributed by atoms with E-state index in [0.29, 0.717) is 0 Å². The van der Waals surface area contributed by atoms with E-state index in [0.717, 1.165) is 10.0 Å². The van der Waals surface area contributed by atoms with Gasteiger partial charge in [-0.05, 0) is 32.4 Å². The van der Waals surface area contributed by atoms with Gasteiger partial charge in [-0.2, -0.15) is 0 Å². The van der Waals surface area contributed by atoms with Crippen molar-refractivity contribution in [3.05, 3.63) is 34.3 Å². The highest BCUT2D eigenvalue weighted by atomic mass is 79.9. The van der Waals surface area contributed by atoms with E-state index in [1.54, 1.807) is 0 Å². The van der Waals surface area contributed by atoms with Crippen molar-refractivity contribution in [3.8, 4) is 0 Å². The second kappa shape index (κ2) is 6.77. The number of benzene rings is 1. The molecule has 1 aromatic rings. The van der Waals surface area contributed by atoms with Crippen LogP contribution < -0.4 is 5.32 Å². The first kappa shape index (κ1) is 14.2. The first-order valence-electron chi connectivity index (χ1n) is 5.66. The fraction of sp³-hybridized carbons (Fsp3) is 0.462. The monoisotopic (exact) mass is 299 g/mol. The summed E-state index contributed by atoms with van der Waals surface area (Å²) in [5, 5.41) is 2.90. The lowest BCUT2D eigenvalue weighted by Crippen LogP contribution is -2.31. The number of carbonyl (C=O) groups excluding carboxylic acids is 1. The molecule has 0 spiro atoms. The molecule has 0 bridgehead atoms. The first-order chi connectivity index (χ1) is 8.00. The number of hydrogen-bond acceptors (Lipinski definition) is 2. The van der Waals surface area contributed by atoms with Crippen molar-refractivity contribution in [1.29, 1.82) is 0 Å². The summed E-state index contributed by atoms with van der Waals surface area (Å²) in [7, 11) is 0. The van der Waals surface area contributed by atoms with Crippen LogP contribution in [0.15, 0.2) is 28.7 Å². The van der Waals surface area contributed by atoms with Crippen molar-refractivity contribution in [2.75, 3.05) is 6.61 Å². The predicted molar refractivity (Wildman–Crippen MR) is 71.8 cm³/mol. The molecule has 0 aliphatic carbocycles. The average molecular weight is 300 g/mol. The van der Waals surface area contributed by atoms with E-state index in [2.05, 4.69) is 21.2 Å². The van der Waals surface area contributed by atoms with E-state index in [9.17, 15) is 4.79 Å². The summed E-state index contributed by atoms with van der Waals surface area (Å²) >= 11 is 3.47. The van der Waals surface area contributed by atoms with E-state index >= 15 is 0 Å². The molecule has 0 aromatic heterocycles. The van der Waals surface area contributed by atoms with Crippen LogP contribution in [0.5, 0.6) is 0 Å². The molecule has 0 aliphatic heterocycles. The van der Waals surface area contributed by atoms with Crippen LogP contribution in [-0.4, -0.2) is 18.6 Å². The summed E-state index contributed by atoms with van der Waals surface area (Å²) in [6.45, 7) is 5.87. The van der Waals surface area contributed by atoms with Crippen LogP contribution in [0.1, 0.15) is 32.4 Å². The molecule has 1 amide bonds. The van der Waals surface area contributed by atoms with Gasteiger partial charge in [0, 0.05) is 4.47 Å². The third-order valence-electron chi connectivity index (χ3n) is 2.30. The molecule has 1 unspecified atom stereocenters. The van der Waals surface area contributed by atoms with Crippen molar-refractivity contribution in [3.63, 3.8) is 0 Å². The molecular formula is C13H18BrNO2. The summed E-state index contributed by atoms with van der Waals surface area (Å²) in [5.74, 6) is -0.0954. The van der Waals surface area contributed by atoms with Crippen molar-refractivity contribution in [2.45, 2.75) is 32.9 Å². The quantitative estimate of drug-likeness (QED) is 0.907. The van der Waals surface area contributed by atoms with Crippen LogP contribution in [-0.2, 0) is 9.53 Å². The molecule has 0 saturated carbocycles. The predicted octanol–water partition coefficient (Wildman–Crippen LogP) is 3.05. The highest BCUT2D eigenvalue weighted by Gasteiger charge is 2.12. The van der Waals surface area contributed by atoms with Crippen molar-refractivity contribution >= 4 is 21.8 Å². The molecule has 0 heterocycles. The Morgan fingerprint density at radius 2 is 2.00 bits per heavy atom. The maximum Gasteiger partial charge on any atom is 0.246 e. The third-order valence-corrected chi connectivity index (χ3v) is 3.02. The second-order valence-corrected chi connectivity index (χ2v) is 5.02. The summed E-state index contributed by atoms with van der Waals surface area (Å²) in [6, 6.07) is 7.81. The molecule has 1 aromatic carbocycles. The normalized spacial score (nSPS) is 12.5. The molecule has 1 atom stereocenters. The molecule has 0 aliphatic rings. The van der Waals surface area contributed by atoms with Gasteiger partial charge in [-0.1, -0.05) is 34.1 Å². The average Bonchev–Trinajstić information content (AvgIpc) is 2.26. The number of carbonyl (C=O) groups is 1. The van der Waals surface area contributed by atoms with Gasteiger partial charge < -0.3 is 10.1 Å². The Hall–Kier alpha value is -0.870. The lowest BCUT2D eigenvalue weighted by atomic mass is 10.1. The molecule has 3 nitrogen and oxygen atoms in total. The summed E-state index contributed by atoms with van der Waals surface area (Å²) in [5.41, 5.74) is 1.06. The van der Waals surface area contributed by atoms with Crippen molar-refractivity contribution < 1.29 is 9.53 Å². The van der Waals surface area contributed by atoms with Crippen molar-refractivity contribution in [1.82, 2.24) is 5.32 Å². The Bertz CT molecular complexity index is 379. The second-order valence-electron chi connectivity index (χ2n) is 4.17. The maximum atomic E-state index is 11.6. The van der Waals surface area contributed by atoms with Crippen molar-refractivity contribution in [2.24, 2.45) is 0 Å². The van der Waals surface area contributed by atoms with Gasteiger partial charge in [-0.25, -0.2) is 0 Å². The van der Waals surface area contributed by atoms with Crippen LogP contribution in [0.3, 0.4) is 0 Å². The standard InChI is InChI=1S/C13H18BrNO2/c1-9(2)17-8-13(16)15-10(3)11-6-4-5-7-12(11)14/h4-7,9-10H,8H2,1-3H3,(H,15,16). The number of ether oxygens (including phenoxy) is 1. The van der Waals surface area contributed by atoms with Gasteiger partial charge >= 0.3 is 0 Å². The largest absolute Gasteiger partial charge is 0.369 e. The zero-order valence-corrected chi connectivity index (χ0v) is 12.0. The van der Waals surface area contributed by atoms with E-state index in [4.69, 9.17) is 4.74 Å². The van der Waals surface area contributed by atoms with Crippen LogP contribution in [0, 0.1) is 0 Å². The van der Waals surface area contributed by atoms with E-state index in [1.165, 1.54) is 0 Å². The Morgan fingerprint density at radius 1 is 1.35 bits per heavy atom. The third kappa shape index (κ3) is 4.88. The topological polar surface area (TPSA) is 38.3 Å². The van der Waals surface area contributed by atoms with Gasteiger partial charge in [0.15, 0.2) is 0 Å². The smallest absolute Gasteiger partial charge is 0.246 e. The number of halogens is 1. The molecular weight excluding hydrogens is 282 g/mol. The molecule has 94 valence electrons. The fourth-order valence-corrected chi connectivity index (χ4v) is 2.06. The van der Waals surface area contributed by atoms with Gasteiger partial charge in [0.25, 0.3) is 0 Å². The van der Waals surface area contributed by atoms with Gasteiger partial charge in [0.2, 0.25) is 5.91 Å². The SMILES string of the molecule is CC(C)OCC(=O)NC(C)c1ccccc1Br. The number of hydrogen-bond donors (Lipinski definition) is 1. The van der Waals surface area contributed by atoms with E-state index in [-0.39, 0.29) is 24.7 Å². The Kier molecular flexibility index (Phi) is 5.65. The molecule has 0 radical (unpaired) electrons. The lowest BCUT2D eigenvalue weighted by Gasteiger charge is -2.16. The number of nitrogens with one attached hydrogen (secondary N) is 1. The van der Waals surface area contributed by atoms with Gasteiger partial charge in [0.1, 0.15) is 6.61 Å². The Labute approximate surface area is 111 Å². The summed E-state index contributed by atoms with van der Waals surface area (Å²) < 4.78 is 6.24. The lowest BCUT2D eigenvalue weighted by molar-refractivity contribution is -0.127. The summed E-state index contributed by atoms with van der Waals surface area (Å²) in [6.07, 6.45) is 0.0690. The molecule has 1 N–H and O–H groups in total. The Balaban J connectivity index is 2.52. The Morgan fingerprint density at radius 3 is 2.59 bits per heavy atom. The highest BCUT2D eigenvalue weighted by molar-refractivity contribution is 9.10. The fourth-order valence-electron chi connectivity index (χ4n) is 1.43. The minimum Gasteiger partial charge on any atom is -0.369 e. The molecule has 1 rings (SSSR count). The van der Waals surface area contributed by atoms with E-state index in [1.807, 2.05) is 45.0 Å².